The van der Waals surface area contributed by atoms with E-state index in [9.17, 15) is 9.59 Å². The standard InChI is InChI=1S/C21H24N4O2S/c26-20(10-9-19-23-16-7-2-1-6-15(16)21(27)24-19)22-14-17(18-8-5-13-28-18)25-11-3-4-12-25/h1-2,5-8,13,17H,3-4,9-12,14H2,(H,22,26)(H,23,24,27)/t17-/m1/s1. The van der Waals surface area contributed by atoms with Crippen molar-refractivity contribution in [3.63, 3.8) is 0 Å². The molecular weight excluding hydrogens is 372 g/mol. The van der Waals surface area contributed by atoms with Crippen LogP contribution < -0.4 is 10.9 Å². The number of thiophene rings is 1. The Balaban J connectivity index is 1.35. The Morgan fingerprint density at radius 1 is 1.21 bits per heavy atom. The van der Waals surface area contributed by atoms with Gasteiger partial charge in [-0.25, -0.2) is 4.98 Å². The lowest BCUT2D eigenvalue weighted by atomic mass is 10.2. The number of nitrogens with zero attached hydrogens (tertiary/aromatic N) is 2. The van der Waals surface area contributed by atoms with Crippen molar-refractivity contribution in [2.45, 2.75) is 31.7 Å². The molecule has 0 bridgehead atoms. The number of hydrogen-bond acceptors (Lipinski definition) is 5. The van der Waals surface area contributed by atoms with Crippen LogP contribution in [0.3, 0.4) is 0 Å². The van der Waals surface area contributed by atoms with Crippen LogP contribution in [-0.4, -0.2) is 40.4 Å². The number of fused-ring (bicyclic) bond motifs is 1. The monoisotopic (exact) mass is 396 g/mol. The van der Waals surface area contributed by atoms with Gasteiger partial charge in [0.05, 0.1) is 16.9 Å². The van der Waals surface area contributed by atoms with Crippen LogP contribution in [0.15, 0.2) is 46.6 Å². The topological polar surface area (TPSA) is 78.1 Å². The van der Waals surface area contributed by atoms with Crippen LogP contribution in [0.1, 0.15) is 36.0 Å². The lowest BCUT2D eigenvalue weighted by Crippen LogP contribution is -2.36. The maximum Gasteiger partial charge on any atom is 0.258 e. The van der Waals surface area contributed by atoms with Gasteiger partial charge >= 0.3 is 0 Å². The summed E-state index contributed by atoms with van der Waals surface area (Å²) in [4.78, 5) is 35.5. The number of nitrogens with one attached hydrogen (secondary N) is 2. The first-order valence-corrected chi connectivity index (χ1v) is 10.6. The summed E-state index contributed by atoms with van der Waals surface area (Å²) in [5.41, 5.74) is 0.501. The van der Waals surface area contributed by atoms with Gasteiger partial charge in [0.2, 0.25) is 5.91 Å². The fourth-order valence-electron chi connectivity index (χ4n) is 3.73. The first kappa shape index (κ1) is 18.8. The van der Waals surface area contributed by atoms with Crippen LogP contribution in [0.2, 0.25) is 0 Å². The highest BCUT2D eigenvalue weighted by Gasteiger charge is 2.24. The third-order valence-electron chi connectivity index (χ3n) is 5.20. The second kappa shape index (κ2) is 8.67. The van der Waals surface area contributed by atoms with Crippen molar-refractivity contribution in [1.29, 1.82) is 0 Å². The molecule has 146 valence electrons. The molecule has 2 N–H and O–H groups in total. The Labute approximate surface area is 167 Å². The summed E-state index contributed by atoms with van der Waals surface area (Å²) in [6.07, 6.45) is 3.16. The Morgan fingerprint density at radius 2 is 2.04 bits per heavy atom. The largest absolute Gasteiger partial charge is 0.354 e. The molecule has 3 aromatic rings. The molecular formula is C21H24N4O2S. The first-order valence-electron chi connectivity index (χ1n) is 9.73. The van der Waals surface area contributed by atoms with Crippen molar-refractivity contribution in [2.75, 3.05) is 19.6 Å². The number of carbonyl (C=O) groups excluding carboxylic acids is 1. The molecule has 4 rings (SSSR count). The van der Waals surface area contributed by atoms with Crippen molar-refractivity contribution < 1.29 is 4.79 Å². The van der Waals surface area contributed by atoms with Gasteiger partial charge in [0.15, 0.2) is 0 Å². The summed E-state index contributed by atoms with van der Waals surface area (Å²) < 4.78 is 0. The van der Waals surface area contributed by atoms with Crippen molar-refractivity contribution >= 4 is 28.1 Å². The van der Waals surface area contributed by atoms with E-state index < -0.39 is 0 Å². The molecule has 1 saturated heterocycles. The highest BCUT2D eigenvalue weighted by Crippen LogP contribution is 2.27. The van der Waals surface area contributed by atoms with E-state index in [1.54, 1.807) is 17.4 Å². The Hall–Kier alpha value is -2.51. The van der Waals surface area contributed by atoms with Crippen LogP contribution in [0, 0.1) is 0 Å². The molecule has 7 heteroatoms. The zero-order valence-corrected chi connectivity index (χ0v) is 16.5. The molecule has 0 spiro atoms. The van der Waals surface area contributed by atoms with E-state index in [0.29, 0.717) is 36.1 Å². The molecule has 1 aromatic carbocycles. The number of aromatic amines is 1. The number of benzene rings is 1. The maximum absolute atomic E-state index is 12.4. The number of likely N-dealkylation sites (tertiary alicyclic amines) is 1. The Morgan fingerprint density at radius 3 is 2.82 bits per heavy atom. The zero-order valence-electron chi connectivity index (χ0n) is 15.7. The summed E-state index contributed by atoms with van der Waals surface area (Å²) in [6.45, 7) is 2.78. The molecule has 0 saturated carbocycles. The van der Waals surface area contributed by atoms with Gasteiger partial charge in [-0.05, 0) is 49.5 Å². The lowest BCUT2D eigenvalue weighted by molar-refractivity contribution is -0.121. The minimum atomic E-state index is -0.159. The number of hydrogen-bond donors (Lipinski definition) is 2. The number of rotatable bonds is 7. The second-order valence-electron chi connectivity index (χ2n) is 7.11. The smallest absolute Gasteiger partial charge is 0.258 e. The number of aryl methyl sites for hydroxylation is 1. The summed E-state index contributed by atoms with van der Waals surface area (Å²) in [5.74, 6) is 0.532. The van der Waals surface area contributed by atoms with Gasteiger partial charge < -0.3 is 10.3 Å². The fraction of sp³-hybridized carbons (Fsp3) is 0.381. The van der Waals surface area contributed by atoms with Crippen molar-refractivity contribution in [3.05, 3.63) is 62.8 Å². The van der Waals surface area contributed by atoms with Crippen molar-refractivity contribution in [2.24, 2.45) is 0 Å². The van der Waals surface area contributed by atoms with E-state index in [0.717, 1.165) is 13.1 Å². The number of para-hydroxylation sites is 1. The second-order valence-corrected chi connectivity index (χ2v) is 8.09. The van der Waals surface area contributed by atoms with Crippen LogP contribution in [0.4, 0.5) is 0 Å². The van der Waals surface area contributed by atoms with Crippen molar-refractivity contribution in [3.8, 4) is 0 Å². The Kier molecular flexibility index (Phi) is 5.83. The predicted molar refractivity (Wildman–Crippen MR) is 112 cm³/mol. The molecule has 6 nitrogen and oxygen atoms in total. The zero-order chi connectivity index (χ0) is 19.3. The highest BCUT2D eigenvalue weighted by molar-refractivity contribution is 7.10. The van der Waals surface area contributed by atoms with Gasteiger partial charge in [0.25, 0.3) is 5.56 Å². The van der Waals surface area contributed by atoms with E-state index in [1.165, 1.54) is 17.7 Å². The van der Waals surface area contributed by atoms with Crippen molar-refractivity contribution in [1.82, 2.24) is 20.2 Å². The number of carbonyl (C=O) groups is 1. The van der Waals surface area contributed by atoms with Gasteiger partial charge in [0.1, 0.15) is 5.82 Å². The van der Waals surface area contributed by atoms with Gasteiger partial charge in [0, 0.05) is 24.3 Å². The summed E-state index contributed by atoms with van der Waals surface area (Å²) in [5, 5.41) is 5.73. The van der Waals surface area contributed by atoms with Crippen LogP contribution in [0.5, 0.6) is 0 Å². The van der Waals surface area contributed by atoms with E-state index in [4.69, 9.17) is 0 Å². The third kappa shape index (κ3) is 4.31. The molecule has 3 heterocycles. The number of aromatic nitrogens is 2. The van der Waals surface area contributed by atoms with Crippen LogP contribution in [0.25, 0.3) is 10.9 Å². The molecule has 1 aliphatic heterocycles. The SMILES string of the molecule is O=C(CCc1nc2ccccc2c(=O)[nH]1)NC[C@H](c1cccs1)N1CCCC1. The highest BCUT2D eigenvalue weighted by atomic mass is 32.1. The molecule has 28 heavy (non-hydrogen) atoms. The van der Waals surface area contributed by atoms with Gasteiger partial charge in [-0.1, -0.05) is 18.2 Å². The van der Waals surface area contributed by atoms with Gasteiger partial charge in [-0.2, -0.15) is 0 Å². The van der Waals surface area contributed by atoms with Crippen LogP contribution >= 0.6 is 11.3 Å². The average molecular weight is 397 g/mol. The van der Waals surface area contributed by atoms with E-state index >= 15 is 0 Å². The summed E-state index contributed by atoms with van der Waals surface area (Å²) in [7, 11) is 0. The lowest BCUT2D eigenvalue weighted by Gasteiger charge is -2.26. The minimum absolute atomic E-state index is 0.0171. The summed E-state index contributed by atoms with van der Waals surface area (Å²) >= 11 is 1.74. The molecule has 0 unspecified atom stereocenters. The van der Waals surface area contributed by atoms with E-state index in [1.807, 2.05) is 18.2 Å². The molecule has 2 aromatic heterocycles. The molecule has 1 aliphatic rings. The van der Waals surface area contributed by atoms with Gasteiger partial charge in [-0.15, -0.1) is 11.3 Å². The third-order valence-corrected chi connectivity index (χ3v) is 6.17. The normalized spacial score (nSPS) is 15.7. The van der Waals surface area contributed by atoms with Crippen LogP contribution in [-0.2, 0) is 11.2 Å². The fourth-order valence-corrected chi connectivity index (χ4v) is 4.59. The molecule has 0 radical (unpaired) electrons. The van der Waals surface area contributed by atoms with E-state index in [-0.39, 0.29) is 17.5 Å². The first-order chi connectivity index (χ1) is 13.7. The maximum atomic E-state index is 12.4. The molecule has 1 amide bonds. The number of H-pyrrole nitrogens is 1. The van der Waals surface area contributed by atoms with E-state index in [2.05, 4.69) is 37.7 Å². The summed E-state index contributed by atoms with van der Waals surface area (Å²) in [6, 6.07) is 11.7. The number of amides is 1. The van der Waals surface area contributed by atoms with Gasteiger partial charge in [-0.3, -0.25) is 14.5 Å². The minimum Gasteiger partial charge on any atom is -0.354 e. The molecule has 1 fully saturated rings. The molecule has 1 atom stereocenters. The average Bonchev–Trinajstić information content (AvgIpc) is 3.41. The quantitative estimate of drug-likeness (QED) is 0.644. The predicted octanol–water partition coefficient (Wildman–Crippen LogP) is 2.87. The molecule has 0 aliphatic carbocycles. The Bertz CT molecular complexity index is 993.